The van der Waals surface area contributed by atoms with Crippen LogP contribution in [-0.4, -0.2) is 10.8 Å². The molecule has 9 heavy (non-hydrogen) atoms. The smallest absolute Gasteiger partial charge is 0.0568 e. The summed E-state index contributed by atoms with van der Waals surface area (Å²) in [6.07, 6.45) is 5.57. The predicted octanol–water partition coefficient (Wildman–Crippen LogP) is 2.41. The quantitative estimate of drug-likeness (QED) is 0.380. The Labute approximate surface area is 64.8 Å². The van der Waals surface area contributed by atoms with E-state index < -0.39 is 0 Å². The lowest BCUT2D eigenvalue weighted by molar-refractivity contribution is 0.694. The highest BCUT2D eigenvalue weighted by molar-refractivity contribution is 6.31. The summed E-state index contributed by atoms with van der Waals surface area (Å²) >= 11 is 12.0. The molecule has 1 saturated carbocycles. The molecular formula is C7H8Cl2. The molecular weight excluding hydrogens is 155 g/mol. The van der Waals surface area contributed by atoms with Crippen molar-refractivity contribution in [3.8, 4) is 0 Å². The monoisotopic (exact) mass is 162 g/mol. The minimum Gasteiger partial charge on any atom is -0.121 e. The van der Waals surface area contributed by atoms with E-state index >= 15 is 0 Å². The molecule has 0 radical (unpaired) electrons. The first kappa shape index (κ1) is 6.06. The van der Waals surface area contributed by atoms with E-state index in [0.29, 0.717) is 11.8 Å². The Morgan fingerprint density at radius 3 is 1.67 bits per heavy atom. The molecule has 50 valence electrons. The van der Waals surface area contributed by atoms with Crippen LogP contribution in [0.3, 0.4) is 0 Å². The number of allylic oxidation sites excluding steroid dienone is 2. The van der Waals surface area contributed by atoms with E-state index in [-0.39, 0.29) is 10.8 Å². The first-order valence-electron chi connectivity index (χ1n) is 3.25. The third-order valence-electron chi connectivity index (χ3n) is 2.27. The second-order valence-electron chi connectivity index (χ2n) is 2.84. The highest BCUT2D eigenvalue weighted by Gasteiger charge is 2.42. The molecule has 0 heterocycles. The van der Waals surface area contributed by atoms with Gasteiger partial charge < -0.3 is 0 Å². The fourth-order valence-electron chi connectivity index (χ4n) is 1.70. The van der Waals surface area contributed by atoms with Crippen molar-refractivity contribution in [3.63, 3.8) is 0 Å². The van der Waals surface area contributed by atoms with Gasteiger partial charge in [-0.3, -0.25) is 0 Å². The van der Waals surface area contributed by atoms with Crippen molar-refractivity contribution in [1.82, 2.24) is 0 Å². The van der Waals surface area contributed by atoms with Gasteiger partial charge in [0.1, 0.15) is 0 Å². The normalized spacial score (nSPS) is 54.9. The van der Waals surface area contributed by atoms with E-state index in [4.69, 9.17) is 23.2 Å². The Morgan fingerprint density at radius 2 is 1.44 bits per heavy atom. The summed E-state index contributed by atoms with van der Waals surface area (Å²) in [7, 11) is 0. The van der Waals surface area contributed by atoms with Crippen molar-refractivity contribution in [3.05, 3.63) is 12.2 Å². The Morgan fingerprint density at radius 1 is 1.00 bits per heavy atom. The summed E-state index contributed by atoms with van der Waals surface area (Å²) in [4.78, 5) is 0. The molecule has 1 fully saturated rings. The lowest BCUT2D eigenvalue weighted by atomic mass is 10.1. The molecule has 4 unspecified atom stereocenters. The maximum Gasteiger partial charge on any atom is 0.0568 e. The van der Waals surface area contributed by atoms with Gasteiger partial charge in [-0.15, -0.1) is 23.2 Å². The minimum atomic E-state index is 0.196. The van der Waals surface area contributed by atoms with Crippen LogP contribution in [0.2, 0.25) is 0 Å². The SMILES string of the molecule is ClC1C2C=CC(C2)C1Cl. The topological polar surface area (TPSA) is 0 Å². The van der Waals surface area contributed by atoms with Crippen molar-refractivity contribution in [2.75, 3.05) is 0 Å². The molecule has 0 spiro atoms. The Balaban J connectivity index is 2.26. The van der Waals surface area contributed by atoms with Crippen molar-refractivity contribution < 1.29 is 0 Å². The summed E-state index contributed by atoms with van der Waals surface area (Å²) in [5, 5.41) is 0.392. The molecule has 2 aliphatic rings. The molecule has 2 rings (SSSR count). The standard InChI is InChI=1S/C7H8Cl2/c8-6-4-1-2-5(3-4)7(6)9/h1-2,4-7H,3H2. The molecule has 0 aromatic heterocycles. The highest BCUT2D eigenvalue weighted by Crippen LogP contribution is 2.44. The van der Waals surface area contributed by atoms with Gasteiger partial charge in [-0.25, -0.2) is 0 Å². The van der Waals surface area contributed by atoms with E-state index in [1.807, 2.05) is 0 Å². The van der Waals surface area contributed by atoms with Gasteiger partial charge in [-0.05, 0) is 18.3 Å². The van der Waals surface area contributed by atoms with Crippen LogP contribution in [0.15, 0.2) is 12.2 Å². The Bertz CT molecular complexity index is 137. The molecule has 0 aromatic rings. The Hall–Kier alpha value is 0.320. The third kappa shape index (κ3) is 0.731. The number of fused-ring (bicyclic) bond motifs is 2. The molecule has 0 amide bonds. The van der Waals surface area contributed by atoms with Gasteiger partial charge >= 0.3 is 0 Å². The van der Waals surface area contributed by atoms with E-state index in [2.05, 4.69) is 12.2 Å². The molecule has 0 nitrogen and oxygen atoms in total. The van der Waals surface area contributed by atoms with Gasteiger partial charge in [0, 0.05) is 0 Å². The van der Waals surface area contributed by atoms with E-state index in [9.17, 15) is 0 Å². The van der Waals surface area contributed by atoms with Gasteiger partial charge in [0.25, 0.3) is 0 Å². The molecule has 2 bridgehead atoms. The summed E-state index contributed by atoms with van der Waals surface area (Å²) in [5.41, 5.74) is 0. The summed E-state index contributed by atoms with van der Waals surface area (Å²) < 4.78 is 0. The zero-order valence-corrected chi connectivity index (χ0v) is 6.44. The zero-order valence-electron chi connectivity index (χ0n) is 4.93. The largest absolute Gasteiger partial charge is 0.121 e. The Kier molecular flexibility index (Phi) is 1.28. The zero-order chi connectivity index (χ0) is 6.43. The lowest BCUT2D eigenvalue weighted by Crippen LogP contribution is -2.19. The predicted molar refractivity (Wildman–Crippen MR) is 40.0 cm³/mol. The molecule has 0 aromatic carbocycles. The van der Waals surface area contributed by atoms with E-state index in [1.54, 1.807) is 0 Å². The number of hydrogen-bond acceptors (Lipinski definition) is 0. The van der Waals surface area contributed by atoms with Gasteiger partial charge in [0.05, 0.1) is 10.8 Å². The molecule has 4 atom stereocenters. The van der Waals surface area contributed by atoms with Crippen molar-refractivity contribution >= 4 is 23.2 Å². The first-order valence-corrected chi connectivity index (χ1v) is 4.13. The highest BCUT2D eigenvalue weighted by atomic mass is 35.5. The molecule has 0 N–H and O–H groups in total. The number of alkyl halides is 2. The molecule has 0 saturated heterocycles. The molecule has 0 aliphatic heterocycles. The van der Waals surface area contributed by atoms with Crippen molar-refractivity contribution in [2.24, 2.45) is 11.8 Å². The fraction of sp³-hybridized carbons (Fsp3) is 0.714. The van der Waals surface area contributed by atoms with Crippen LogP contribution in [0.5, 0.6) is 0 Å². The maximum atomic E-state index is 5.98. The maximum absolute atomic E-state index is 5.98. The summed E-state index contributed by atoms with van der Waals surface area (Å²) in [5.74, 6) is 1.14. The van der Waals surface area contributed by atoms with Crippen LogP contribution >= 0.6 is 23.2 Å². The van der Waals surface area contributed by atoms with Crippen LogP contribution in [-0.2, 0) is 0 Å². The average molecular weight is 163 g/mol. The van der Waals surface area contributed by atoms with Gasteiger partial charge in [-0.2, -0.15) is 0 Å². The fourth-order valence-corrected chi connectivity index (χ4v) is 2.45. The summed E-state index contributed by atoms with van der Waals surface area (Å²) in [6, 6.07) is 0. The van der Waals surface area contributed by atoms with Crippen LogP contribution in [0.4, 0.5) is 0 Å². The molecule has 2 heteroatoms. The second kappa shape index (κ2) is 1.90. The molecule has 2 aliphatic carbocycles. The van der Waals surface area contributed by atoms with E-state index in [1.165, 1.54) is 6.42 Å². The van der Waals surface area contributed by atoms with Gasteiger partial charge in [0.2, 0.25) is 0 Å². The van der Waals surface area contributed by atoms with Gasteiger partial charge in [0.15, 0.2) is 0 Å². The van der Waals surface area contributed by atoms with Crippen LogP contribution in [0, 0.1) is 11.8 Å². The van der Waals surface area contributed by atoms with Crippen LogP contribution in [0.1, 0.15) is 6.42 Å². The van der Waals surface area contributed by atoms with Crippen molar-refractivity contribution in [2.45, 2.75) is 17.2 Å². The second-order valence-corrected chi connectivity index (χ2v) is 3.85. The summed E-state index contributed by atoms with van der Waals surface area (Å²) in [6.45, 7) is 0. The average Bonchev–Trinajstić information content (AvgIpc) is 2.37. The number of rotatable bonds is 0. The minimum absolute atomic E-state index is 0.196. The number of hydrogen-bond donors (Lipinski definition) is 0. The van der Waals surface area contributed by atoms with Gasteiger partial charge in [-0.1, -0.05) is 12.2 Å². The third-order valence-corrected chi connectivity index (χ3v) is 3.59. The van der Waals surface area contributed by atoms with Crippen LogP contribution < -0.4 is 0 Å². The lowest BCUT2D eigenvalue weighted by Gasteiger charge is -2.15. The van der Waals surface area contributed by atoms with Crippen molar-refractivity contribution in [1.29, 1.82) is 0 Å². The number of halogens is 2. The first-order chi connectivity index (χ1) is 4.29. The van der Waals surface area contributed by atoms with E-state index in [0.717, 1.165) is 0 Å². The van der Waals surface area contributed by atoms with Crippen LogP contribution in [0.25, 0.3) is 0 Å².